The Labute approximate surface area is 117 Å². The number of carbonyl (C=O) groups is 2. The van der Waals surface area contributed by atoms with Gasteiger partial charge in [0.1, 0.15) is 5.78 Å². The number of ketones is 1. The van der Waals surface area contributed by atoms with E-state index < -0.39 is 0 Å². The molecular weight excluding hydrogens is 256 g/mol. The zero-order chi connectivity index (χ0) is 14.8. The van der Waals surface area contributed by atoms with Crippen LogP contribution in [-0.4, -0.2) is 18.2 Å². The summed E-state index contributed by atoms with van der Waals surface area (Å²) in [6, 6.07) is 7.25. The summed E-state index contributed by atoms with van der Waals surface area (Å²) in [6.45, 7) is 1.82. The Hall–Kier alpha value is -2.59. The van der Waals surface area contributed by atoms with Crippen LogP contribution in [0.5, 0.6) is 0 Å². The number of amides is 1. The Balaban J connectivity index is 2.49. The van der Waals surface area contributed by atoms with E-state index in [9.17, 15) is 9.59 Å². The third kappa shape index (κ3) is 6.37. The molecule has 104 valence electrons. The third-order valence-corrected chi connectivity index (χ3v) is 2.37. The molecule has 0 bridgehead atoms. The molecule has 0 unspecified atom stereocenters. The van der Waals surface area contributed by atoms with Crippen molar-refractivity contribution in [3.05, 3.63) is 46.3 Å². The number of nitrogens with zero attached hydrogens (tertiary/aromatic N) is 3. The van der Waals surface area contributed by atoms with Crippen LogP contribution < -0.4 is 5.32 Å². The molecular formula is C14H16N4O2. The molecule has 0 aromatic heterocycles. The standard InChI is InChI=1S/C14H16N4O2/c1-11(19)10-14(20)17-13-7-5-12(6-8-13)4-2-3-9-16-18-15/h2,4-8H,3,9-10H2,1H3,(H,17,20). The predicted octanol–water partition coefficient (Wildman–Crippen LogP) is 3.32. The topological polar surface area (TPSA) is 94.9 Å². The Morgan fingerprint density at radius 2 is 2.05 bits per heavy atom. The predicted molar refractivity (Wildman–Crippen MR) is 78.0 cm³/mol. The number of rotatable bonds is 7. The lowest BCUT2D eigenvalue weighted by molar-refractivity contribution is -0.124. The molecule has 0 fully saturated rings. The van der Waals surface area contributed by atoms with Gasteiger partial charge in [0.05, 0.1) is 6.42 Å². The van der Waals surface area contributed by atoms with Crippen LogP contribution in [0.4, 0.5) is 5.69 Å². The summed E-state index contributed by atoms with van der Waals surface area (Å²) in [7, 11) is 0. The number of Topliss-reactive ketones (excluding diaryl/α,β-unsaturated/α-hetero) is 1. The summed E-state index contributed by atoms with van der Waals surface area (Å²) in [5, 5.41) is 6.07. The Morgan fingerprint density at radius 1 is 1.35 bits per heavy atom. The SMILES string of the molecule is CC(=O)CC(=O)Nc1ccc(C=CCCN=[N+]=[N-])cc1. The lowest BCUT2D eigenvalue weighted by Crippen LogP contribution is -2.14. The average Bonchev–Trinajstić information content (AvgIpc) is 2.39. The Morgan fingerprint density at radius 3 is 2.65 bits per heavy atom. The molecule has 0 heterocycles. The van der Waals surface area contributed by atoms with E-state index in [1.165, 1.54) is 6.92 Å². The highest BCUT2D eigenvalue weighted by Crippen LogP contribution is 2.11. The van der Waals surface area contributed by atoms with E-state index in [0.717, 1.165) is 5.56 Å². The summed E-state index contributed by atoms with van der Waals surface area (Å²) in [4.78, 5) is 24.9. The van der Waals surface area contributed by atoms with Crippen LogP contribution in [-0.2, 0) is 9.59 Å². The molecule has 0 atom stereocenters. The van der Waals surface area contributed by atoms with E-state index in [-0.39, 0.29) is 18.1 Å². The zero-order valence-corrected chi connectivity index (χ0v) is 11.2. The fourth-order valence-corrected chi connectivity index (χ4v) is 1.51. The van der Waals surface area contributed by atoms with Gasteiger partial charge in [0.25, 0.3) is 0 Å². The monoisotopic (exact) mass is 272 g/mol. The number of nitrogens with one attached hydrogen (secondary N) is 1. The van der Waals surface area contributed by atoms with Crippen molar-refractivity contribution in [2.45, 2.75) is 19.8 Å². The molecule has 1 amide bonds. The molecule has 0 aliphatic rings. The van der Waals surface area contributed by atoms with Crippen LogP contribution in [0.15, 0.2) is 35.5 Å². The molecule has 20 heavy (non-hydrogen) atoms. The van der Waals surface area contributed by atoms with E-state index in [1.807, 2.05) is 24.3 Å². The highest BCUT2D eigenvalue weighted by Gasteiger charge is 2.04. The van der Waals surface area contributed by atoms with Crippen molar-refractivity contribution >= 4 is 23.5 Å². The van der Waals surface area contributed by atoms with Crippen LogP contribution in [0.1, 0.15) is 25.3 Å². The minimum atomic E-state index is -0.310. The van der Waals surface area contributed by atoms with Gasteiger partial charge in [-0.05, 0) is 36.6 Å². The smallest absolute Gasteiger partial charge is 0.231 e. The van der Waals surface area contributed by atoms with Crippen molar-refractivity contribution in [1.29, 1.82) is 0 Å². The Bertz CT molecular complexity index is 543. The summed E-state index contributed by atoms with van der Waals surface area (Å²) in [6.07, 6.45) is 4.40. The first kappa shape index (κ1) is 15.5. The summed E-state index contributed by atoms with van der Waals surface area (Å²) < 4.78 is 0. The van der Waals surface area contributed by atoms with Gasteiger partial charge in [-0.2, -0.15) is 0 Å². The molecule has 1 aromatic carbocycles. The van der Waals surface area contributed by atoms with Crippen LogP contribution >= 0.6 is 0 Å². The normalized spacial score (nSPS) is 10.1. The lowest BCUT2D eigenvalue weighted by Gasteiger charge is -2.04. The molecule has 6 nitrogen and oxygen atoms in total. The van der Waals surface area contributed by atoms with Crippen molar-refractivity contribution < 1.29 is 9.59 Å². The molecule has 0 radical (unpaired) electrons. The van der Waals surface area contributed by atoms with E-state index in [4.69, 9.17) is 5.53 Å². The number of hydrogen-bond acceptors (Lipinski definition) is 3. The molecule has 6 heteroatoms. The quantitative estimate of drug-likeness (QED) is 0.271. The minimum Gasteiger partial charge on any atom is -0.326 e. The molecule has 1 N–H and O–H groups in total. The molecule has 1 aromatic rings. The fraction of sp³-hybridized carbons (Fsp3) is 0.286. The van der Waals surface area contributed by atoms with E-state index in [0.29, 0.717) is 18.7 Å². The summed E-state index contributed by atoms with van der Waals surface area (Å²) in [5.74, 6) is -0.475. The number of benzene rings is 1. The van der Waals surface area contributed by atoms with Gasteiger partial charge in [0.15, 0.2) is 0 Å². The average molecular weight is 272 g/mol. The molecule has 0 saturated carbocycles. The number of hydrogen-bond donors (Lipinski definition) is 1. The number of azide groups is 1. The summed E-state index contributed by atoms with van der Waals surface area (Å²) >= 11 is 0. The minimum absolute atomic E-state index is 0.110. The van der Waals surface area contributed by atoms with Gasteiger partial charge in [-0.25, -0.2) is 0 Å². The summed E-state index contributed by atoms with van der Waals surface area (Å²) in [5.41, 5.74) is 9.76. The van der Waals surface area contributed by atoms with Gasteiger partial charge in [0, 0.05) is 17.1 Å². The molecule has 0 spiro atoms. The van der Waals surface area contributed by atoms with Gasteiger partial charge in [0.2, 0.25) is 5.91 Å². The number of anilines is 1. The largest absolute Gasteiger partial charge is 0.326 e. The van der Waals surface area contributed by atoms with Crippen LogP contribution in [0.2, 0.25) is 0 Å². The van der Waals surface area contributed by atoms with Gasteiger partial charge in [-0.15, -0.1) is 0 Å². The molecule has 0 saturated heterocycles. The van der Waals surface area contributed by atoms with Gasteiger partial charge < -0.3 is 5.32 Å². The highest BCUT2D eigenvalue weighted by atomic mass is 16.2. The van der Waals surface area contributed by atoms with Crippen molar-refractivity contribution in [3.8, 4) is 0 Å². The highest BCUT2D eigenvalue weighted by molar-refractivity contribution is 6.03. The second kappa shape index (κ2) is 8.50. The maximum absolute atomic E-state index is 11.4. The maximum Gasteiger partial charge on any atom is 0.231 e. The van der Waals surface area contributed by atoms with Crippen LogP contribution in [0, 0.1) is 0 Å². The third-order valence-electron chi connectivity index (χ3n) is 2.37. The van der Waals surface area contributed by atoms with E-state index in [1.54, 1.807) is 12.1 Å². The van der Waals surface area contributed by atoms with Crippen molar-refractivity contribution in [3.63, 3.8) is 0 Å². The van der Waals surface area contributed by atoms with Crippen LogP contribution in [0.25, 0.3) is 16.5 Å². The van der Waals surface area contributed by atoms with Gasteiger partial charge >= 0.3 is 0 Å². The number of carbonyl (C=O) groups excluding carboxylic acids is 2. The van der Waals surface area contributed by atoms with E-state index in [2.05, 4.69) is 15.3 Å². The van der Waals surface area contributed by atoms with Crippen molar-refractivity contribution in [2.75, 3.05) is 11.9 Å². The first-order chi connectivity index (χ1) is 9.61. The van der Waals surface area contributed by atoms with Crippen molar-refractivity contribution in [2.24, 2.45) is 5.11 Å². The first-order valence-corrected chi connectivity index (χ1v) is 6.18. The van der Waals surface area contributed by atoms with E-state index >= 15 is 0 Å². The van der Waals surface area contributed by atoms with Crippen LogP contribution in [0.3, 0.4) is 0 Å². The zero-order valence-electron chi connectivity index (χ0n) is 11.2. The Kier molecular flexibility index (Phi) is 6.57. The second-order valence-electron chi connectivity index (χ2n) is 4.19. The lowest BCUT2D eigenvalue weighted by atomic mass is 10.2. The van der Waals surface area contributed by atoms with Gasteiger partial charge in [-0.1, -0.05) is 29.4 Å². The van der Waals surface area contributed by atoms with Gasteiger partial charge in [-0.3, -0.25) is 9.59 Å². The maximum atomic E-state index is 11.4. The molecule has 1 rings (SSSR count). The molecule has 0 aliphatic carbocycles. The first-order valence-electron chi connectivity index (χ1n) is 6.18. The molecule has 0 aliphatic heterocycles. The fourth-order valence-electron chi connectivity index (χ4n) is 1.51. The second-order valence-corrected chi connectivity index (χ2v) is 4.19. The van der Waals surface area contributed by atoms with Crippen molar-refractivity contribution in [1.82, 2.24) is 0 Å².